The number of benzene rings is 1. The number of hydrogen-bond donors (Lipinski definition) is 3. The van der Waals surface area contributed by atoms with E-state index < -0.39 is 52.5 Å². The largest absolute Gasteiger partial charge is 0.394 e. The molecule has 0 aliphatic rings. The molecule has 1 amide bonds. The Bertz CT molecular complexity index is 546. The number of nitrogens with zero attached hydrogens (tertiary/aromatic N) is 1. The van der Waals surface area contributed by atoms with Gasteiger partial charge in [0, 0.05) is 0 Å². The Hall–Kier alpha value is -2.13. The van der Waals surface area contributed by atoms with E-state index in [1.165, 1.54) is 6.92 Å². The Labute approximate surface area is 112 Å². The molecular formula is C11H12F2N2O5. The van der Waals surface area contributed by atoms with Crippen LogP contribution in [0.25, 0.3) is 0 Å². The molecule has 0 saturated heterocycles. The molecule has 1 aromatic rings. The van der Waals surface area contributed by atoms with Gasteiger partial charge in [-0.1, -0.05) is 0 Å². The second-order valence-corrected chi connectivity index (χ2v) is 4.37. The molecule has 0 atom stereocenters. The van der Waals surface area contributed by atoms with E-state index in [1.54, 1.807) is 0 Å². The van der Waals surface area contributed by atoms with E-state index in [1.807, 2.05) is 0 Å². The van der Waals surface area contributed by atoms with Crippen molar-refractivity contribution in [2.45, 2.75) is 12.5 Å². The van der Waals surface area contributed by atoms with Crippen molar-refractivity contribution in [2.24, 2.45) is 0 Å². The van der Waals surface area contributed by atoms with Crippen molar-refractivity contribution < 1.29 is 28.7 Å². The van der Waals surface area contributed by atoms with Gasteiger partial charge in [-0.05, 0) is 13.0 Å². The summed E-state index contributed by atoms with van der Waals surface area (Å²) in [6.45, 7) is -0.0565. The maximum absolute atomic E-state index is 13.7. The van der Waals surface area contributed by atoms with Gasteiger partial charge in [0.15, 0.2) is 0 Å². The van der Waals surface area contributed by atoms with Gasteiger partial charge in [0.1, 0.15) is 5.82 Å². The van der Waals surface area contributed by atoms with Crippen LogP contribution in [-0.4, -0.2) is 39.8 Å². The molecule has 0 saturated carbocycles. The summed E-state index contributed by atoms with van der Waals surface area (Å²) in [5.74, 6) is -3.83. The van der Waals surface area contributed by atoms with Crippen LogP contribution >= 0.6 is 0 Å². The molecule has 1 aromatic carbocycles. The number of amides is 1. The minimum atomic E-state index is -1.49. The minimum absolute atomic E-state index is 0.351. The molecular weight excluding hydrogens is 278 g/mol. The molecule has 0 aliphatic carbocycles. The lowest BCUT2D eigenvalue weighted by atomic mass is 10.0. The van der Waals surface area contributed by atoms with Gasteiger partial charge in [0.25, 0.3) is 5.91 Å². The summed E-state index contributed by atoms with van der Waals surface area (Å²) in [6, 6.07) is 0.843. The molecule has 0 radical (unpaired) electrons. The van der Waals surface area contributed by atoms with E-state index in [-0.39, 0.29) is 0 Å². The van der Waals surface area contributed by atoms with Gasteiger partial charge < -0.3 is 15.5 Å². The van der Waals surface area contributed by atoms with E-state index in [0.29, 0.717) is 12.1 Å². The third kappa shape index (κ3) is 3.25. The predicted molar refractivity (Wildman–Crippen MR) is 63.1 cm³/mol. The van der Waals surface area contributed by atoms with Crippen molar-refractivity contribution in [3.63, 3.8) is 0 Å². The Balaban J connectivity index is 3.20. The number of nitrogens with one attached hydrogen (secondary N) is 1. The van der Waals surface area contributed by atoms with Gasteiger partial charge in [-0.2, -0.15) is 4.39 Å². The first kappa shape index (κ1) is 15.9. The SMILES string of the molecule is CC(CO)(CO)NC(=O)c1cc(F)cc([N+](=O)[O-])c1F. The number of aliphatic hydroxyl groups is 2. The van der Waals surface area contributed by atoms with Crippen molar-refractivity contribution in [3.8, 4) is 0 Å². The fourth-order valence-corrected chi connectivity index (χ4v) is 1.34. The summed E-state index contributed by atoms with van der Waals surface area (Å²) < 4.78 is 26.9. The van der Waals surface area contributed by atoms with E-state index in [4.69, 9.17) is 10.2 Å². The second-order valence-electron chi connectivity index (χ2n) is 4.37. The quantitative estimate of drug-likeness (QED) is 0.535. The predicted octanol–water partition coefficient (Wildman–Crippen LogP) is 0.346. The van der Waals surface area contributed by atoms with E-state index in [0.717, 1.165) is 0 Å². The maximum Gasteiger partial charge on any atom is 0.308 e. The molecule has 110 valence electrons. The lowest BCUT2D eigenvalue weighted by molar-refractivity contribution is -0.387. The van der Waals surface area contributed by atoms with Gasteiger partial charge >= 0.3 is 5.69 Å². The van der Waals surface area contributed by atoms with Crippen molar-refractivity contribution in [1.29, 1.82) is 0 Å². The number of hydrogen-bond acceptors (Lipinski definition) is 5. The summed E-state index contributed by atoms with van der Waals surface area (Å²) in [5, 5.41) is 30.6. The summed E-state index contributed by atoms with van der Waals surface area (Å²) >= 11 is 0. The maximum atomic E-state index is 13.7. The van der Waals surface area contributed by atoms with Crippen LogP contribution in [0.3, 0.4) is 0 Å². The number of carbonyl (C=O) groups excluding carboxylic acids is 1. The van der Waals surface area contributed by atoms with Gasteiger partial charge in [0.05, 0.1) is 35.3 Å². The smallest absolute Gasteiger partial charge is 0.308 e. The summed E-state index contributed by atoms with van der Waals surface area (Å²) in [7, 11) is 0. The molecule has 9 heteroatoms. The van der Waals surface area contributed by atoms with Crippen LogP contribution in [0.15, 0.2) is 12.1 Å². The third-order valence-electron chi connectivity index (χ3n) is 2.57. The van der Waals surface area contributed by atoms with Gasteiger partial charge in [-0.3, -0.25) is 14.9 Å². The Kier molecular flexibility index (Phi) is 4.69. The average molecular weight is 290 g/mol. The van der Waals surface area contributed by atoms with Gasteiger partial charge in [-0.25, -0.2) is 4.39 Å². The summed E-state index contributed by atoms with van der Waals surface area (Å²) in [4.78, 5) is 21.1. The lowest BCUT2D eigenvalue weighted by Gasteiger charge is -2.26. The van der Waals surface area contributed by atoms with Crippen LogP contribution in [-0.2, 0) is 0 Å². The number of nitro benzene ring substituents is 1. The average Bonchev–Trinajstić information content (AvgIpc) is 2.40. The Morgan fingerprint density at radius 3 is 2.40 bits per heavy atom. The Morgan fingerprint density at radius 1 is 1.40 bits per heavy atom. The van der Waals surface area contributed by atoms with Crippen LogP contribution < -0.4 is 5.32 Å². The molecule has 1 rings (SSSR count). The molecule has 0 bridgehead atoms. The number of halogens is 2. The molecule has 0 spiro atoms. The zero-order valence-electron chi connectivity index (χ0n) is 10.4. The van der Waals surface area contributed by atoms with Gasteiger partial charge in [-0.15, -0.1) is 0 Å². The molecule has 0 aromatic heterocycles. The highest BCUT2D eigenvalue weighted by Gasteiger charge is 2.29. The first-order valence-corrected chi connectivity index (χ1v) is 5.42. The molecule has 0 fully saturated rings. The fraction of sp³-hybridized carbons (Fsp3) is 0.364. The lowest BCUT2D eigenvalue weighted by Crippen LogP contribution is -2.51. The summed E-state index contributed by atoms with van der Waals surface area (Å²) in [6.07, 6.45) is 0. The summed E-state index contributed by atoms with van der Waals surface area (Å²) in [5.41, 5.74) is -3.53. The van der Waals surface area contributed by atoms with Crippen molar-refractivity contribution in [3.05, 3.63) is 39.4 Å². The molecule has 20 heavy (non-hydrogen) atoms. The molecule has 0 heterocycles. The molecule has 0 unspecified atom stereocenters. The van der Waals surface area contributed by atoms with Crippen LogP contribution in [0.4, 0.5) is 14.5 Å². The second kappa shape index (κ2) is 5.88. The highest BCUT2D eigenvalue weighted by molar-refractivity contribution is 5.95. The van der Waals surface area contributed by atoms with Crippen LogP contribution in [0.2, 0.25) is 0 Å². The van der Waals surface area contributed by atoms with Crippen LogP contribution in [0.5, 0.6) is 0 Å². The normalized spacial score (nSPS) is 11.2. The first-order valence-electron chi connectivity index (χ1n) is 5.42. The van der Waals surface area contributed by atoms with E-state index >= 15 is 0 Å². The van der Waals surface area contributed by atoms with Crippen LogP contribution in [0, 0.1) is 21.7 Å². The first-order chi connectivity index (χ1) is 9.24. The topological polar surface area (TPSA) is 113 Å². The van der Waals surface area contributed by atoms with Crippen molar-refractivity contribution in [1.82, 2.24) is 5.32 Å². The zero-order chi connectivity index (χ0) is 15.5. The number of rotatable bonds is 5. The van der Waals surface area contributed by atoms with Crippen molar-refractivity contribution >= 4 is 11.6 Å². The number of nitro groups is 1. The third-order valence-corrected chi connectivity index (χ3v) is 2.57. The van der Waals surface area contributed by atoms with Crippen molar-refractivity contribution in [2.75, 3.05) is 13.2 Å². The molecule has 7 nitrogen and oxygen atoms in total. The van der Waals surface area contributed by atoms with E-state index in [9.17, 15) is 23.7 Å². The van der Waals surface area contributed by atoms with Gasteiger partial charge in [0.2, 0.25) is 5.82 Å². The number of carbonyl (C=O) groups is 1. The minimum Gasteiger partial charge on any atom is -0.394 e. The fourth-order valence-electron chi connectivity index (χ4n) is 1.34. The number of aliphatic hydroxyl groups excluding tert-OH is 2. The highest BCUT2D eigenvalue weighted by Crippen LogP contribution is 2.22. The Morgan fingerprint density at radius 2 is 1.95 bits per heavy atom. The highest BCUT2D eigenvalue weighted by atomic mass is 19.1. The van der Waals surface area contributed by atoms with E-state index in [2.05, 4.69) is 5.32 Å². The van der Waals surface area contributed by atoms with Crippen LogP contribution in [0.1, 0.15) is 17.3 Å². The molecule has 3 N–H and O–H groups in total. The monoisotopic (exact) mass is 290 g/mol. The zero-order valence-corrected chi connectivity index (χ0v) is 10.4. The molecule has 0 aliphatic heterocycles. The standard InChI is InChI=1S/C11H12F2N2O5/c1-11(4-16,5-17)14-10(18)7-2-6(12)3-8(9(7)13)15(19)20/h2-3,16-17H,4-5H2,1H3,(H,14,18).